The van der Waals surface area contributed by atoms with Gasteiger partial charge < -0.3 is 10.1 Å². The molecule has 0 aromatic heterocycles. The van der Waals surface area contributed by atoms with Gasteiger partial charge in [-0.05, 0) is 65.9 Å². The maximum Gasteiger partial charge on any atom is 0.294 e. The van der Waals surface area contributed by atoms with E-state index < -0.39 is 29.4 Å². The number of nitrogens with zero attached hydrogens (tertiary/aromatic N) is 1. The maximum absolute atomic E-state index is 13.0. The summed E-state index contributed by atoms with van der Waals surface area (Å²) in [7, 11) is 0. The minimum Gasteiger partial charge on any atom is -0.486 e. The summed E-state index contributed by atoms with van der Waals surface area (Å²) in [5.74, 6) is -1.44. The molecule has 0 radical (unpaired) electrons. The fourth-order valence-electron chi connectivity index (χ4n) is 3.23. The Kier molecular flexibility index (Phi) is 8.21. The average molecular weight is 566 g/mol. The van der Waals surface area contributed by atoms with Gasteiger partial charge in [-0.3, -0.25) is 19.3 Å². The van der Waals surface area contributed by atoms with E-state index in [1.54, 1.807) is 24.3 Å². The van der Waals surface area contributed by atoms with Gasteiger partial charge in [0.1, 0.15) is 19.0 Å². The summed E-state index contributed by atoms with van der Waals surface area (Å²) in [6.07, 6.45) is 1.46. The molecule has 0 spiro atoms. The summed E-state index contributed by atoms with van der Waals surface area (Å²) in [6, 6.07) is 15.4. The van der Waals surface area contributed by atoms with Gasteiger partial charge in [0.15, 0.2) is 5.75 Å². The van der Waals surface area contributed by atoms with Gasteiger partial charge in [0.2, 0.25) is 5.91 Å². The van der Waals surface area contributed by atoms with E-state index in [1.807, 2.05) is 12.1 Å². The number of carbonyl (C=O) groups is 3. The fourth-order valence-corrected chi connectivity index (χ4v) is 4.87. The minimum absolute atomic E-state index is 0.103. The predicted molar refractivity (Wildman–Crippen MR) is 140 cm³/mol. The van der Waals surface area contributed by atoms with Crippen LogP contribution in [0.2, 0.25) is 15.1 Å². The zero-order valence-corrected chi connectivity index (χ0v) is 21.3. The highest BCUT2D eigenvalue weighted by molar-refractivity contribution is 8.18. The largest absolute Gasteiger partial charge is 0.486 e. The van der Waals surface area contributed by atoms with Gasteiger partial charge in [-0.25, -0.2) is 4.39 Å². The second kappa shape index (κ2) is 11.3. The van der Waals surface area contributed by atoms with E-state index in [0.717, 1.165) is 10.5 Å². The topological polar surface area (TPSA) is 75.7 Å². The molecule has 1 heterocycles. The molecule has 0 bridgehead atoms. The number of imide groups is 1. The molecule has 1 aliphatic heterocycles. The monoisotopic (exact) mass is 564 g/mol. The maximum atomic E-state index is 13.0. The Morgan fingerprint density at radius 2 is 1.67 bits per heavy atom. The van der Waals surface area contributed by atoms with Gasteiger partial charge in [-0.2, -0.15) is 0 Å². The first kappa shape index (κ1) is 26.0. The number of hydrogen-bond acceptors (Lipinski definition) is 5. The molecule has 1 aliphatic rings. The molecule has 3 aromatic carbocycles. The van der Waals surface area contributed by atoms with Crippen molar-refractivity contribution in [2.75, 3.05) is 11.9 Å². The fraction of sp³-hybridized carbons (Fsp3) is 0.0800. The van der Waals surface area contributed by atoms with Crippen LogP contribution in [-0.2, 0) is 16.2 Å². The van der Waals surface area contributed by atoms with E-state index >= 15 is 0 Å². The molecular formula is C25H16Cl3FN2O4S. The number of nitrogens with one attached hydrogen (secondary N) is 1. The van der Waals surface area contributed by atoms with Crippen LogP contribution in [0.25, 0.3) is 6.08 Å². The standard InChI is InChI=1S/C25H16Cl3FN2O4S/c26-18-4-2-1-3-15(18)13-35-23-19(27)9-14(10-20(23)28)11-21-24(33)31(25(34)36-21)12-22(32)30-17-7-5-16(29)6-8-17/h1-11H,12-13H2,(H,30,32)/b21-11-. The lowest BCUT2D eigenvalue weighted by molar-refractivity contribution is -0.127. The average Bonchev–Trinajstić information content (AvgIpc) is 3.08. The Bertz CT molecular complexity index is 1360. The number of hydrogen-bond donors (Lipinski definition) is 1. The Morgan fingerprint density at radius 1 is 1.00 bits per heavy atom. The van der Waals surface area contributed by atoms with Crippen LogP contribution in [0, 0.1) is 5.82 Å². The van der Waals surface area contributed by atoms with E-state index in [4.69, 9.17) is 39.5 Å². The quantitative estimate of drug-likeness (QED) is 0.311. The Hall–Kier alpha value is -3.04. The van der Waals surface area contributed by atoms with Crippen LogP contribution >= 0.6 is 46.6 Å². The molecule has 0 aliphatic carbocycles. The highest BCUT2D eigenvalue weighted by Crippen LogP contribution is 2.38. The molecule has 3 aromatic rings. The van der Waals surface area contributed by atoms with E-state index in [2.05, 4.69) is 5.32 Å². The minimum atomic E-state index is -0.634. The summed E-state index contributed by atoms with van der Waals surface area (Å²) < 4.78 is 18.8. The Labute approximate surface area is 225 Å². The van der Waals surface area contributed by atoms with Gasteiger partial charge >= 0.3 is 0 Å². The van der Waals surface area contributed by atoms with Crippen molar-refractivity contribution in [1.82, 2.24) is 4.90 Å². The van der Waals surface area contributed by atoms with Crippen LogP contribution in [0.3, 0.4) is 0 Å². The summed E-state index contributed by atoms with van der Waals surface area (Å²) in [5, 5.41) is 2.87. The lowest BCUT2D eigenvalue weighted by atomic mass is 10.2. The highest BCUT2D eigenvalue weighted by Gasteiger charge is 2.36. The molecule has 0 saturated carbocycles. The molecule has 1 N–H and O–H groups in total. The van der Waals surface area contributed by atoms with Crippen molar-refractivity contribution in [3.8, 4) is 5.75 Å². The van der Waals surface area contributed by atoms with Gasteiger partial charge in [0.25, 0.3) is 11.1 Å². The third kappa shape index (κ3) is 6.20. The second-order valence-electron chi connectivity index (χ2n) is 7.52. The molecule has 0 atom stereocenters. The number of anilines is 1. The van der Waals surface area contributed by atoms with Crippen LogP contribution < -0.4 is 10.1 Å². The van der Waals surface area contributed by atoms with E-state index in [0.29, 0.717) is 28.0 Å². The van der Waals surface area contributed by atoms with E-state index in [-0.39, 0.29) is 27.3 Å². The number of rotatable bonds is 7. The van der Waals surface area contributed by atoms with Crippen molar-refractivity contribution in [1.29, 1.82) is 0 Å². The van der Waals surface area contributed by atoms with Crippen LogP contribution in [0.1, 0.15) is 11.1 Å². The first-order valence-electron chi connectivity index (χ1n) is 10.4. The zero-order valence-electron chi connectivity index (χ0n) is 18.3. The van der Waals surface area contributed by atoms with Gasteiger partial charge in [-0.1, -0.05) is 53.0 Å². The molecular weight excluding hydrogens is 550 g/mol. The van der Waals surface area contributed by atoms with Crippen molar-refractivity contribution in [2.45, 2.75) is 6.61 Å². The van der Waals surface area contributed by atoms with Crippen molar-refractivity contribution in [2.24, 2.45) is 0 Å². The second-order valence-corrected chi connectivity index (χ2v) is 9.73. The lowest BCUT2D eigenvalue weighted by Crippen LogP contribution is -2.36. The molecule has 36 heavy (non-hydrogen) atoms. The van der Waals surface area contributed by atoms with Crippen LogP contribution in [-0.4, -0.2) is 28.5 Å². The predicted octanol–water partition coefficient (Wildman–Crippen LogP) is 7.04. The molecule has 6 nitrogen and oxygen atoms in total. The Morgan fingerprint density at radius 3 is 2.33 bits per heavy atom. The third-order valence-electron chi connectivity index (χ3n) is 4.95. The van der Waals surface area contributed by atoms with Gasteiger partial charge in [-0.15, -0.1) is 0 Å². The van der Waals surface area contributed by atoms with Crippen LogP contribution in [0.4, 0.5) is 14.9 Å². The number of halogens is 4. The summed E-state index contributed by atoms with van der Waals surface area (Å²) >= 11 is 19.6. The SMILES string of the molecule is O=C(CN1C(=O)S/C(=C\c2cc(Cl)c(OCc3ccccc3Cl)c(Cl)c2)C1=O)Nc1ccc(F)cc1. The normalized spacial score (nSPS) is 14.4. The van der Waals surface area contributed by atoms with Crippen molar-refractivity contribution in [3.05, 3.63) is 97.6 Å². The molecule has 3 amide bonds. The molecule has 1 fully saturated rings. The zero-order chi connectivity index (χ0) is 25.8. The number of carbonyl (C=O) groups excluding carboxylic acids is 3. The van der Waals surface area contributed by atoms with Gasteiger partial charge in [0.05, 0.1) is 15.0 Å². The number of thioether (sulfide) groups is 1. The number of ether oxygens (including phenoxy) is 1. The summed E-state index contributed by atoms with van der Waals surface area (Å²) in [6.45, 7) is -0.340. The molecule has 1 saturated heterocycles. The summed E-state index contributed by atoms with van der Waals surface area (Å²) in [4.78, 5) is 38.3. The number of benzene rings is 3. The lowest BCUT2D eigenvalue weighted by Gasteiger charge is -2.13. The highest BCUT2D eigenvalue weighted by atomic mass is 35.5. The molecule has 184 valence electrons. The van der Waals surface area contributed by atoms with Crippen LogP contribution in [0.5, 0.6) is 5.75 Å². The van der Waals surface area contributed by atoms with Crippen LogP contribution in [0.15, 0.2) is 65.6 Å². The first-order chi connectivity index (χ1) is 17.2. The van der Waals surface area contributed by atoms with Crippen molar-refractivity contribution in [3.63, 3.8) is 0 Å². The molecule has 11 heteroatoms. The van der Waals surface area contributed by atoms with Crippen molar-refractivity contribution < 1.29 is 23.5 Å². The summed E-state index contributed by atoms with van der Waals surface area (Å²) in [5.41, 5.74) is 1.56. The molecule has 0 unspecified atom stereocenters. The Balaban J connectivity index is 1.44. The first-order valence-corrected chi connectivity index (χ1v) is 12.3. The third-order valence-corrected chi connectivity index (χ3v) is 6.79. The molecule has 4 rings (SSSR count). The van der Waals surface area contributed by atoms with E-state index in [9.17, 15) is 18.8 Å². The van der Waals surface area contributed by atoms with E-state index in [1.165, 1.54) is 30.3 Å². The van der Waals surface area contributed by atoms with Gasteiger partial charge in [0, 0.05) is 16.3 Å². The smallest absolute Gasteiger partial charge is 0.294 e. The van der Waals surface area contributed by atoms with Crippen molar-refractivity contribution >= 4 is 75.4 Å². The number of amides is 3.